The molecule has 0 N–H and O–H groups in total. The summed E-state index contributed by atoms with van der Waals surface area (Å²) in [5, 5.41) is 1.39. The van der Waals surface area contributed by atoms with Crippen molar-refractivity contribution in [2.45, 2.75) is 33.2 Å². The summed E-state index contributed by atoms with van der Waals surface area (Å²) in [4.78, 5) is 19.1. The first kappa shape index (κ1) is 16.9. The van der Waals surface area contributed by atoms with Crippen molar-refractivity contribution >= 4 is 44.2 Å². The number of carbonyl (C=O) groups excluding carboxylic acids is 1. The molecule has 0 saturated carbocycles. The van der Waals surface area contributed by atoms with Crippen LogP contribution in [0.15, 0.2) is 42.5 Å². The number of benzene rings is 2. The lowest BCUT2D eigenvalue weighted by molar-refractivity contribution is -0.118. The Bertz CT molecular complexity index is 821. The van der Waals surface area contributed by atoms with Gasteiger partial charge < -0.3 is 0 Å². The van der Waals surface area contributed by atoms with Crippen LogP contribution in [0, 0.1) is 6.92 Å². The van der Waals surface area contributed by atoms with Crippen molar-refractivity contribution < 1.29 is 4.79 Å². The maximum Gasteiger partial charge on any atom is 0.229 e. The van der Waals surface area contributed by atoms with Gasteiger partial charge in [0.15, 0.2) is 5.13 Å². The van der Waals surface area contributed by atoms with Crippen LogP contribution in [-0.4, -0.2) is 10.9 Å². The molecule has 0 aliphatic carbocycles. The summed E-state index contributed by atoms with van der Waals surface area (Å²) in [5.41, 5.74) is 3.04. The highest BCUT2D eigenvalue weighted by Gasteiger charge is 2.20. The molecule has 1 amide bonds. The predicted octanol–water partition coefficient (Wildman–Crippen LogP) is 5.59. The summed E-state index contributed by atoms with van der Waals surface area (Å²) in [6.07, 6.45) is 1.32. The number of aryl methyl sites for hydroxylation is 1. The normalized spacial score (nSPS) is 11.0. The highest BCUT2D eigenvalue weighted by Crippen LogP contribution is 2.36. The molecule has 0 unspecified atom stereocenters. The van der Waals surface area contributed by atoms with Crippen molar-refractivity contribution in [1.82, 2.24) is 4.98 Å². The highest BCUT2D eigenvalue weighted by atomic mass is 35.5. The van der Waals surface area contributed by atoms with Gasteiger partial charge >= 0.3 is 0 Å². The number of carbonyl (C=O) groups is 1. The third kappa shape index (κ3) is 3.45. The molecule has 0 saturated heterocycles. The van der Waals surface area contributed by atoms with Crippen LogP contribution < -0.4 is 4.90 Å². The molecule has 5 heteroatoms. The van der Waals surface area contributed by atoms with E-state index in [0.29, 0.717) is 23.1 Å². The Morgan fingerprint density at radius 1 is 1.21 bits per heavy atom. The minimum Gasteiger partial charge on any atom is -0.284 e. The highest BCUT2D eigenvalue weighted by molar-refractivity contribution is 7.23. The lowest BCUT2D eigenvalue weighted by Crippen LogP contribution is -2.29. The minimum atomic E-state index is 0.0918. The molecule has 0 spiro atoms. The lowest BCUT2D eigenvalue weighted by Gasteiger charge is -2.19. The van der Waals surface area contributed by atoms with Crippen molar-refractivity contribution in [2.75, 3.05) is 4.90 Å². The lowest BCUT2D eigenvalue weighted by atomic mass is 10.2. The molecule has 0 bridgehead atoms. The number of halogens is 1. The van der Waals surface area contributed by atoms with Crippen molar-refractivity contribution in [1.29, 1.82) is 0 Å². The van der Waals surface area contributed by atoms with Gasteiger partial charge in [-0.25, -0.2) is 4.98 Å². The Hall–Kier alpha value is -1.91. The average Bonchev–Trinajstić information content (AvgIpc) is 3.03. The number of amides is 1. The Balaban J connectivity index is 2.03. The fraction of sp³-hybridized carbons (Fsp3) is 0.263. The van der Waals surface area contributed by atoms with Crippen LogP contribution >= 0.6 is 22.9 Å². The van der Waals surface area contributed by atoms with Gasteiger partial charge in [-0.2, -0.15) is 0 Å². The van der Waals surface area contributed by atoms with Gasteiger partial charge in [-0.1, -0.05) is 66.3 Å². The third-order valence-corrected chi connectivity index (χ3v) is 5.40. The van der Waals surface area contributed by atoms with Crippen LogP contribution in [0.4, 0.5) is 5.13 Å². The second kappa shape index (κ2) is 7.32. The van der Waals surface area contributed by atoms with Gasteiger partial charge in [0.2, 0.25) is 5.91 Å². The van der Waals surface area contributed by atoms with E-state index in [0.717, 1.165) is 27.8 Å². The summed E-state index contributed by atoms with van der Waals surface area (Å²) in [5.74, 6) is 0.0918. The SMILES string of the molecule is CCCC(=O)N(Cc1ccccc1)c1nc2c(C)ccc(Cl)c2s1. The number of fused-ring (bicyclic) bond motifs is 1. The van der Waals surface area contributed by atoms with Gasteiger partial charge in [0, 0.05) is 6.42 Å². The first-order valence-corrected chi connectivity index (χ1v) is 9.19. The Kier molecular flexibility index (Phi) is 5.17. The molecule has 3 aromatic rings. The second-order valence-electron chi connectivity index (χ2n) is 5.75. The smallest absolute Gasteiger partial charge is 0.229 e. The molecular formula is C19H19ClN2OS. The molecule has 3 rings (SSSR count). The quantitative estimate of drug-likeness (QED) is 0.595. The number of nitrogens with zero attached hydrogens (tertiary/aromatic N) is 2. The van der Waals surface area contributed by atoms with E-state index in [4.69, 9.17) is 16.6 Å². The molecule has 0 aliphatic rings. The van der Waals surface area contributed by atoms with Crippen LogP contribution in [0.5, 0.6) is 0 Å². The first-order valence-electron chi connectivity index (χ1n) is 8.00. The largest absolute Gasteiger partial charge is 0.284 e. The standard InChI is InChI=1S/C19H19ClN2OS/c1-3-7-16(23)22(12-14-8-5-4-6-9-14)19-21-17-13(2)10-11-15(20)18(17)24-19/h4-6,8-11H,3,7,12H2,1-2H3. The van der Waals surface area contributed by atoms with Crippen LogP contribution in [0.2, 0.25) is 5.02 Å². The molecule has 24 heavy (non-hydrogen) atoms. The van der Waals surface area contributed by atoms with E-state index in [1.54, 1.807) is 4.90 Å². The number of thiazole rings is 1. The van der Waals surface area contributed by atoms with Crippen molar-refractivity contribution in [3.8, 4) is 0 Å². The zero-order chi connectivity index (χ0) is 17.1. The van der Waals surface area contributed by atoms with Gasteiger partial charge in [0.05, 0.1) is 21.8 Å². The molecule has 2 aromatic carbocycles. The van der Waals surface area contributed by atoms with Crippen LogP contribution in [0.1, 0.15) is 30.9 Å². The average molecular weight is 359 g/mol. The number of rotatable bonds is 5. The third-order valence-electron chi connectivity index (χ3n) is 3.87. The summed E-state index contributed by atoms with van der Waals surface area (Å²) in [7, 11) is 0. The summed E-state index contributed by atoms with van der Waals surface area (Å²) >= 11 is 7.80. The summed E-state index contributed by atoms with van der Waals surface area (Å²) in [6, 6.07) is 13.8. The monoisotopic (exact) mass is 358 g/mol. The molecule has 0 radical (unpaired) electrons. The van der Waals surface area contributed by atoms with E-state index in [1.165, 1.54) is 11.3 Å². The Morgan fingerprint density at radius 2 is 1.96 bits per heavy atom. The van der Waals surface area contributed by atoms with Gasteiger partial charge in [0.1, 0.15) is 0 Å². The Labute approximate surface area is 150 Å². The summed E-state index contributed by atoms with van der Waals surface area (Å²) in [6.45, 7) is 4.55. The van der Waals surface area contributed by atoms with Gasteiger partial charge in [-0.3, -0.25) is 9.69 Å². The zero-order valence-electron chi connectivity index (χ0n) is 13.8. The van der Waals surface area contributed by atoms with E-state index >= 15 is 0 Å². The summed E-state index contributed by atoms with van der Waals surface area (Å²) < 4.78 is 0.939. The van der Waals surface area contributed by atoms with Crippen molar-refractivity contribution in [3.05, 3.63) is 58.6 Å². The van der Waals surface area contributed by atoms with Gasteiger partial charge in [0.25, 0.3) is 0 Å². The number of hydrogen-bond acceptors (Lipinski definition) is 3. The zero-order valence-corrected chi connectivity index (χ0v) is 15.3. The van der Waals surface area contributed by atoms with Crippen LogP contribution in [0.3, 0.4) is 0 Å². The molecule has 1 aromatic heterocycles. The van der Waals surface area contributed by atoms with Gasteiger partial charge in [-0.15, -0.1) is 0 Å². The van der Waals surface area contributed by atoms with Gasteiger partial charge in [-0.05, 0) is 30.5 Å². The maximum absolute atomic E-state index is 12.7. The number of aromatic nitrogens is 1. The minimum absolute atomic E-state index is 0.0918. The first-order chi connectivity index (χ1) is 11.6. The number of hydrogen-bond donors (Lipinski definition) is 0. The van der Waals surface area contributed by atoms with Crippen molar-refractivity contribution in [3.63, 3.8) is 0 Å². The second-order valence-corrected chi connectivity index (χ2v) is 7.14. The van der Waals surface area contributed by atoms with Crippen LogP contribution in [0.25, 0.3) is 10.2 Å². The topological polar surface area (TPSA) is 33.2 Å². The van der Waals surface area contributed by atoms with Crippen LogP contribution in [-0.2, 0) is 11.3 Å². The van der Waals surface area contributed by atoms with E-state index in [1.807, 2.05) is 56.3 Å². The molecule has 0 fully saturated rings. The fourth-order valence-electron chi connectivity index (χ4n) is 2.58. The predicted molar refractivity (Wildman–Crippen MR) is 102 cm³/mol. The van der Waals surface area contributed by atoms with E-state index in [-0.39, 0.29) is 5.91 Å². The molecule has 124 valence electrons. The fourth-order valence-corrected chi connectivity index (χ4v) is 3.92. The van der Waals surface area contributed by atoms with E-state index < -0.39 is 0 Å². The maximum atomic E-state index is 12.7. The molecule has 0 aliphatic heterocycles. The molecule has 0 atom stereocenters. The van der Waals surface area contributed by atoms with Crippen molar-refractivity contribution in [2.24, 2.45) is 0 Å². The van der Waals surface area contributed by atoms with E-state index in [9.17, 15) is 4.79 Å². The molecule has 3 nitrogen and oxygen atoms in total. The number of anilines is 1. The van der Waals surface area contributed by atoms with E-state index in [2.05, 4.69) is 0 Å². The molecule has 1 heterocycles. The molecular weight excluding hydrogens is 340 g/mol. The Morgan fingerprint density at radius 3 is 2.62 bits per heavy atom.